The maximum absolute atomic E-state index is 12.2. The molecule has 16 heavy (non-hydrogen) atoms. The monoisotopic (exact) mass is 217 g/mol. The minimum Gasteiger partial charge on any atom is -0.326 e. The Balaban J connectivity index is 2.50. The van der Waals surface area contributed by atoms with Gasteiger partial charge in [0.05, 0.1) is 12.1 Å². The first-order valence-corrected chi connectivity index (χ1v) is 5.35. The first kappa shape index (κ1) is 10.9. The van der Waals surface area contributed by atoms with Crippen molar-refractivity contribution < 1.29 is 9.59 Å². The van der Waals surface area contributed by atoms with Crippen molar-refractivity contribution in [3.05, 3.63) is 35.4 Å². The molecule has 0 spiro atoms. The molecule has 84 valence electrons. The molecule has 0 fully saturated rings. The van der Waals surface area contributed by atoms with Gasteiger partial charge in [0.25, 0.3) is 5.91 Å². The normalized spacial score (nSPS) is 16.3. The molecular formula is C13H15NO2. The summed E-state index contributed by atoms with van der Waals surface area (Å²) in [5, 5.41) is 0. The Bertz CT molecular complexity index is 457. The zero-order valence-corrected chi connectivity index (χ0v) is 9.78. The number of amides is 1. The standard InChI is InChI=1S/C13H15NO2/c1-13(2,3)14-8-11(15)9-6-4-5-7-10(9)12(14)16/h4-7H,8H2,1-3H3. The summed E-state index contributed by atoms with van der Waals surface area (Å²) >= 11 is 0. The number of Topliss-reactive ketones (excluding diaryl/α,β-unsaturated/α-hetero) is 1. The fourth-order valence-electron chi connectivity index (χ4n) is 1.90. The number of hydrogen-bond acceptors (Lipinski definition) is 2. The van der Waals surface area contributed by atoms with Crippen molar-refractivity contribution in [3.8, 4) is 0 Å². The summed E-state index contributed by atoms with van der Waals surface area (Å²) in [5.74, 6) is -0.0344. The summed E-state index contributed by atoms with van der Waals surface area (Å²) < 4.78 is 0. The maximum Gasteiger partial charge on any atom is 0.255 e. The van der Waals surface area contributed by atoms with Crippen molar-refractivity contribution >= 4 is 11.7 Å². The van der Waals surface area contributed by atoms with E-state index in [2.05, 4.69) is 0 Å². The second-order valence-corrected chi connectivity index (χ2v) is 5.03. The predicted molar refractivity (Wildman–Crippen MR) is 61.6 cm³/mol. The molecule has 3 nitrogen and oxygen atoms in total. The highest BCUT2D eigenvalue weighted by Crippen LogP contribution is 2.24. The molecule has 2 rings (SSSR count). The van der Waals surface area contributed by atoms with Gasteiger partial charge in [0.15, 0.2) is 5.78 Å². The largest absolute Gasteiger partial charge is 0.326 e. The van der Waals surface area contributed by atoms with E-state index in [1.54, 1.807) is 29.2 Å². The van der Waals surface area contributed by atoms with Gasteiger partial charge in [-0.1, -0.05) is 18.2 Å². The lowest BCUT2D eigenvalue weighted by atomic mass is 9.94. The Labute approximate surface area is 95.1 Å². The van der Waals surface area contributed by atoms with Gasteiger partial charge in [-0.05, 0) is 26.8 Å². The van der Waals surface area contributed by atoms with Gasteiger partial charge in [-0.3, -0.25) is 9.59 Å². The number of benzene rings is 1. The van der Waals surface area contributed by atoms with E-state index >= 15 is 0 Å². The highest BCUT2D eigenvalue weighted by Gasteiger charge is 2.35. The van der Waals surface area contributed by atoms with Gasteiger partial charge < -0.3 is 4.90 Å². The van der Waals surface area contributed by atoms with Gasteiger partial charge in [0.1, 0.15) is 0 Å². The van der Waals surface area contributed by atoms with Gasteiger partial charge in [-0.15, -0.1) is 0 Å². The summed E-state index contributed by atoms with van der Waals surface area (Å²) in [6.07, 6.45) is 0. The van der Waals surface area contributed by atoms with Crippen molar-refractivity contribution in [2.75, 3.05) is 6.54 Å². The molecule has 1 aliphatic heterocycles. The second-order valence-electron chi connectivity index (χ2n) is 5.03. The highest BCUT2D eigenvalue weighted by molar-refractivity contribution is 6.13. The second kappa shape index (κ2) is 3.44. The Morgan fingerprint density at radius 3 is 2.19 bits per heavy atom. The molecule has 0 saturated carbocycles. The molecule has 0 saturated heterocycles. The fraction of sp³-hybridized carbons (Fsp3) is 0.385. The Kier molecular flexibility index (Phi) is 2.34. The highest BCUT2D eigenvalue weighted by atomic mass is 16.2. The molecule has 1 heterocycles. The van der Waals surface area contributed by atoms with E-state index in [1.165, 1.54) is 0 Å². The molecule has 1 amide bonds. The van der Waals surface area contributed by atoms with E-state index in [0.717, 1.165) is 0 Å². The lowest BCUT2D eigenvalue weighted by Gasteiger charge is -2.38. The Hall–Kier alpha value is -1.64. The number of rotatable bonds is 0. The summed E-state index contributed by atoms with van der Waals surface area (Å²) in [5.41, 5.74) is 0.752. The smallest absolute Gasteiger partial charge is 0.255 e. The van der Waals surface area contributed by atoms with Crippen molar-refractivity contribution in [2.24, 2.45) is 0 Å². The van der Waals surface area contributed by atoms with Crippen LogP contribution in [0.25, 0.3) is 0 Å². The lowest BCUT2D eigenvalue weighted by molar-refractivity contribution is 0.0518. The van der Waals surface area contributed by atoms with Crippen LogP contribution in [0.2, 0.25) is 0 Å². The van der Waals surface area contributed by atoms with Gasteiger partial charge in [0.2, 0.25) is 0 Å². The number of hydrogen-bond donors (Lipinski definition) is 0. The van der Waals surface area contributed by atoms with Crippen LogP contribution < -0.4 is 0 Å². The Morgan fingerprint density at radius 2 is 1.62 bits per heavy atom. The molecule has 3 heteroatoms. The quantitative estimate of drug-likeness (QED) is 0.667. The zero-order chi connectivity index (χ0) is 11.9. The topological polar surface area (TPSA) is 37.4 Å². The summed E-state index contributed by atoms with van der Waals surface area (Å²) in [6.45, 7) is 5.99. The summed E-state index contributed by atoms with van der Waals surface area (Å²) in [6, 6.07) is 7.01. The van der Waals surface area contributed by atoms with Gasteiger partial charge >= 0.3 is 0 Å². The van der Waals surface area contributed by atoms with Crippen LogP contribution in [0.3, 0.4) is 0 Å². The van der Waals surface area contributed by atoms with Gasteiger partial charge in [0, 0.05) is 11.1 Å². The lowest BCUT2D eigenvalue weighted by Crippen LogP contribution is -2.51. The molecule has 0 bridgehead atoms. The van der Waals surface area contributed by atoms with Crippen LogP contribution in [-0.4, -0.2) is 28.7 Å². The average molecular weight is 217 g/mol. The van der Waals surface area contributed by atoms with Crippen molar-refractivity contribution in [1.29, 1.82) is 0 Å². The minimum atomic E-state index is -0.319. The van der Waals surface area contributed by atoms with Crippen LogP contribution in [0, 0.1) is 0 Å². The molecule has 0 N–H and O–H groups in total. The summed E-state index contributed by atoms with van der Waals surface area (Å²) in [7, 11) is 0. The number of carbonyl (C=O) groups is 2. The summed E-state index contributed by atoms with van der Waals surface area (Å²) in [4.78, 5) is 25.7. The first-order chi connectivity index (χ1) is 7.41. The molecule has 1 aromatic rings. The average Bonchev–Trinajstić information content (AvgIpc) is 2.22. The molecule has 0 unspecified atom stereocenters. The van der Waals surface area contributed by atoms with Crippen molar-refractivity contribution in [2.45, 2.75) is 26.3 Å². The van der Waals surface area contributed by atoms with Crippen LogP contribution in [0.1, 0.15) is 41.5 Å². The predicted octanol–water partition coefficient (Wildman–Crippen LogP) is 2.12. The van der Waals surface area contributed by atoms with E-state index in [1.807, 2.05) is 20.8 Å². The van der Waals surface area contributed by atoms with E-state index in [0.29, 0.717) is 11.1 Å². The molecule has 0 radical (unpaired) electrons. The van der Waals surface area contributed by atoms with Crippen LogP contribution in [0.4, 0.5) is 0 Å². The SMILES string of the molecule is CC(C)(C)N1CC(=O)c2ccccc2C1=O. The van der Waals surface area contributed by atoms with Crippen LogP contribution in [0.5, 0.6) is 0 Å². The molecule has 1 aromatic carbocycles. The third-order valence-corrected chi connectivity index (χ3v) is 2.81. The number of nitrogens with zero attached hydrogens (tertiary/aromatic N) is 1. The third-order valence-electron chi connectivity index (χ3n) is 2.81. The number of carbonyl (C=O) groups excluding carboxylic acids is 2. The van der Waals surface area contributed by atoms with E-state index < -0.39 is 0 Å². The zero-order valence-electron chi connectivity index (χ0n) is 9.78. The molecule has 0 atom stereocenters. The Morgan fingerprint density at radius 1 is 1.06 bits per heavy atom. The van der Waals surface area contributed by atoms with E-state index in [9.17, 15) is 9.59 Å². The molecule has 0 aromatic heterocycles. The van der Waals surface area contributed by atoms with E-state index in [4.69, 9.17) is 0 Å². The van der Waals surface area contributed by atoms with Crippen LogP contribution >= 0.6 is 0 Å². The molecule has 1 aliphatic rings. The fourth-order valence-corrected chi connectivity index (χ4v) is 1.90. The molecular weight excluding hydrogens is 202 g/mol. The van der Waals surface area contributed by atoms with Crippen LogP contribution in [-0.2, 0) is 0 Å². The number of ketones is 1. The maximum atomic E-state index is 12.2. The van der Waals surface area contributed by atoms with E-state index in [-0.39, 0.29) is 23.8 Å². The van der Waals surface area contributed by atoms with Gasteiger partial charge in [-0.25, -0.2) is 0 Å². The third kappa shape index (κ3) is 1.62. The van der Waals surface area contributed by atoms with Crippen LogP contribution in [0.15, 0.2) is 24.3 Å². The van der Waals surface area contributed by atoms with Crippen molar-refractivity contribution in [1.82, 2.24) is 4.90 Å². The first-order valence-electron chi connectivity index (χ1n) is 5.35. The van der Waals surface area contributed by atoms with Crippen molar-refractivity contribution in [3.63, 3.8) is 0 Å². The number of fused-ring (bicyclic) bond motifs is 1. The van der Waals surface area contributed by atoms with Gasteiger partial charge in [-0.2, -0.15) is 0 Å². The molecule has 0 aliphatic carbocycles. The minimum absolute atomic E-state index is 0.0186.